The molecule has 0 aliphatic heterocycles. The molecule has 2 aromatic carbocycles. The van der Waals surface area contributed by atoms with Gasteiger partial charge in [0.25, 0.3) is 5.69 Å². The first-order valence-electron chi connectivity index (χ1n) is 5.68. The van der Waals surface area contributed by atoms with Crippen molar-refractivity contribution in [2.45, 2.75) is 6.10 Å². The lowest BCUT2D eigenvalue weighted by Gasteiger charge is -2.11. The second-order valence-electron chi connectivity index (χ2n) is 4.02. The standard InChI is InChI=1S/C14H13NO4/c1-19-13-8-4-11(5-9-13)14(16)10-2-6-12(7-3-10)15(17)18/h2-9,14,16H,1H3. The molecule has 0 saturated carbocycles. The lowest BCUT2D eigenvalue weighted by atomic mass is 10.0. The third kappa shape index (κ3) is 2.89. The van der Waals surface area contributed by atoms with Gasteiger partial charge >= 0.3 is 0 Å². The molecular formula is C14H13NO4. The Bertz CT molecular complexity index is 563. The summed E-state index contributed by atoms with van der Waals surface area (Å²) in [5, 5.41) is 20.7. The summed E-state index contributed by atoms with van der Waals surface area (Å²) in [7, 11) is 1.57. The van der Waals surface area contributed by atoms with Crippen molar-refractivity contribution in [3.63, 3.8) is 0 Å². The number of aliphatic hydroxyl groups excluding tert-OH is 1. The van der Waals surface area contributed by atoms with Crippen LogP contribution in [-0.2, 0) is 0 Å². The maximum atomic E-state index is 10.6. The van der Waals surface area contributed by atoms with Crippen LogP contribution in [0.3, 0.4) is 0 Å². The average molecular weight is 259 g/mol. The van der Waals surface area contributed by atoms with Crippen LogP contribution in [0.4, 0.5) is 5.69 Å². The van der Waals surface area contributed by atoms with Gasteiger partial charge in [0.2, 0.25) is 0 Å². The molecule has 5 heteroatoms. The van der Waals surface area contributed by atoms with Gasteiger partial charge in [-0.25, -0.2) is 0 Å². The number of benzene rings is 2. The fourth-order valence-corrected chi connectivity index (χ4v) is 1.76. The van der Waals surface area contributed by atoms with Crippen molar-refractivity contribution < 1.29 is 14.8 Å². The molecule has 0 bridgehead atoms. The first-order chi connectivity index (χ1) is 9.11. The van der Waals surface area contributed by atoms with E-state index in [4.69, 9.17) is 4.74 Å². The van der Waals surface area contributed by atoms with Gasteiger partial charge in [-0.05, 0) is 35.4 Å². The zero-order valence-electron chi connectivity index (χ0n) is 10.3. The molecule has 0 radical (unpaired) electrons. The Hall–Kier alpha value is -2.40. The molecular weight excluding hydrogens is 246 g/mol. The molecule has 0 spiro atoms. The number of hydrogen-bond acceptors (Lipinski definition) is 4. The van der Waals surface area contributed by atoms with Gasteiger partial charge in [0.1, 0.15) is 11.9 Å². The normalized spacial score (nSPS) is 11.9. The summed E-state index contributed by atoms with van der Waals surface area (Å²) in [5.74, 6) is 0.708. The SMILES string of the molecule is COc1ccc(C(O)c2ccc([N+](=O)[O-])cc2)cc1. The van der Waals surface area contributed by atoms with E-state index in [9.17, 15) is 15.2 Å². The fourth-order valence-electron chi connectivity index (χ4n) is 1.76. The maximum absolute atomic E-state index is 10.6. The van der Waals surface area contributed by atoms with Crippen LogP contribution in [0.2, 0.25) is 0 Å². The molecule has 0 saturated heterocycles. The van der Waals surface area contributed by atoms with E-state index in [1.807, 2.05) is 0 Å². The van der Waals surface area contributed by atoms with Crippen LogP contribution in [0.1, 0.15) is 17.2 Å². The first-order valence-corrected chi connectivity index (χ1v) is 5.68. The molecule has 98 valence electrons. The van der Waals surface area contributed by atoms with Gasteiger partial charge < -0.3 is 9.84 Å². The Morgan fingerprint density at radius 1 is 1.05 bits per heavy atom. The van der Waals surface area contributed by atoms with E-state index in [1.165, 1.54) is 12.1 Å². The van der Waals surface area contributed by atoms with Crippen molar-refractivity contribution >= 4 is 5.69 Å². The van der Waals surface area contributed by atoms with Crippen molar-refractivity contribution in [1.82, 2.24) is 0 Å². The Morgan fingerprint density at radius 3 is 1.95 bits per heavy atom. The minimum absolute atomic E-state index is 0.00526. The van der Waals surface area contributed by atoms with Crippen LogP contribution >= 0.6 is 0 Å². The number of methoxy groups -OCH3 is 1. The topological polar surface area (TPSA) is 72.6 Å². The van der Waals surface area contributed by atoms with E-state index in [2.05, 4.69) is 0 Å². The maximum Gasteiger partial charge on any atom is 0.269 e. The second kappa shape index (κ2) is 5.49. The van der Waals surface area contributed by atoms with Gasteiger partial charge in [0, 0.05) is 12.1 Å². The number of non-ortho nitro benzene ring substituents is 1. The number of ether oxygens (including phenoxy) is 1. The average Bonchev–Trinajstić information content (AvgIpc) is 2.46. The Morgan fingerprint density at radius 2 is 1.53 bits per heavy atom. The molecule has 2 rings (SSSR count). The predicted molar refractivity (Wildman–Crippen MR) is 70.2 cm³/mol. The Labute approximate surface area is 110 Å². The van der Waals surface area contributed by atoms with Crippen molar-refractivity contribution in [3.05, 3.63) is 69.8 Å². The monoisotopic (exact) mass is 259 g/mol. The largest absolute Gasteiger partial charge is 0.497 e. The summed E-state index contributed by atoms with van der Waals surface area (Å²) in [6.07, 6.45) is -0.813. The van der Waals surface area contributed by atoms with E-state index < -0.39 is 11.0 Å². The highest BCUT2D eigenvalue weighted by Gasteiger charge is 2.12. The highest BCUT2D eigenvalue weighted by Crippen LogP contribution is 2.25. The fraction of sp³-hybridized carbons (Fsp3) is 0.143. The number of nitro groups is 1. The molecule has 0 aliphatic rings. The summed E-state index contributed by atoms with van der Waals surface area (Å²) in [6.45, 7) is 0. The highest BCUT2D eigenvalue weighted by atomic mass is 16.6. The number of nitro benzene ring substituents is 1. The molecule has 1 N–H and O–H groups in total. The van der Waals surface area contributed by atoms with Crippen LogP contribution < -0.4 is 4.74 Å². The van der Waals surface area contributed by atoms with E-state index >= 15 is 0 Å². The van der Waals surface area contributed by atoms with Crippen LogP contribution in [0.15, 0.2) is 48.5 Å². The number of aliphatic hydroxyl groups is 1. The molecule has 5 nitrogen and oxygen atoms in total. The van der Waals surface area contributed by atoms with Gasteiger partial charge in [-0.2, -0.15) is 0 Å². The third-order valence-electron chi connectivity index (χ3n) is 2.85. The summed E-state index contributed by atoms with van der Waals surface area (Å²) >= 11 is 0. The minimum Gasteiger partial charge on any atom is -0.497 e. The van der Waals surface area contributed by atoms with Crippen molar-refractivity contribution in [2.24, 2.45) is 0 Å². The lowest BCUT2D eigenvalue weighted by molar-refractivity contribution is -0.384. The molecule has 2 aromatic rings. The molecule has 19 heavy (non-hydrogen) atoms. The van der Waals surface area contributed by atoms with E-state index in [-0.39, 0.29) is 5.69 Å². The van der Waals surface area contributed by atoms with Crippen LogP contribution in [-0.4, -0.2) is 17.1 Å². The van der Waals surface area contributed by atoms with Crippen molar-refractivity contribution in [1.29, 1.82) is 0 Å². The summed E-state index contributed by atoms with van der Waals surface area (Å²) in [6, 6.07) is 12.9. The van der Waals surface area contributed by atoms with Gasteiger partial charge in [0.15, 0.2) is 0 Å². The first kappa shape index (κ1) is 13.0. The van der Waals surface area contributed by atoms with Crippen LogP contribution in [0.25, 0.3) is 0 Å². The number of hydrogen-bond donors (Lipinski definition) is 1. The zero-order valence-corrected chi connectivity index (χ0v) is 10.3. The smallest absolute Gasteiger partial charge is 0.269 e. The second-order valence-corrected chi connectivity index (χ2v) is 4.02. The molecule has 0 heterocycles. The number of rotatable bonds is 4. The Balaban J connectivity index is 2.22. The van der Waals surface area contributed by atoms with Crippen molar-refractivity contribution in [3.8, 4) is 5.75 Å². The molecule has 0 amide bonds. The van der Waals surface area contributed by atoms with Gasteiger partial charge in [-0.3, -0.25) is 10.1 Å². The minimum atomic E-state index is -0.813. The number of nitrogens with zero attached hydrogens (tertiary/aromatic N) is 1. The molecule has 1 unspecified atom stereocenters. The predicted octanol–water partition coefficient (Wildman–Crippen LogP) is 2.69. The van der Waals surface area contributed by atoms with E-state index in [0.717, 1.165) is 0 Å². The lowest BCUT2D eigenvalue weighted by Crippen LogP contribution is -2.00. The molecule has 0 aliphatic carbocycles. The molecule has 1 atom stereocenters. The Kier molecular flexibility index (Phi) is 3.77. The van der Waals surface area contributed by atoms with E-state index in [1.54, 1.807) is 43.5 Å². The quantitative estimate of drug-likeness (QED) is 0.676. The van der Waals surface area contributed by atoms with Crippen LogP contribution in [0, 0.1) is 10.1 Å². The van der Waals surface area contributed by atoms with Crippen LogP contribution in [0.5, 0.6) is 5.75 Å². The molecule has 0 aromatic heterocycles. The zero-order chi connectivity index (χ0) is 13.8. The van der Waals surface area contributed by atoms with Gasteiger partial charge in [-0.15, -0.1) is 0 Å². The van der Waals surface area contributed by atoms with Gasteiger partial charge in [-0.1, -0.05) is 12.1 Å². The summed E-state index contributed by atoms with van der Waals surface area (Å²) in [4.78, 5) is 10.1. The highest BCUT2D eigenvalue weighted by molar-refractivity contribution is 5.38. The summed E-state index contributed by atoms with van der Waals surface area (Å²) < 4.78 is 5.04. The van der Waals surface area contributed by atoms with Crippen molar-refractivity contribution in [2.75, 3.05) is 7.11 Å². The van der Waals surface area contributed by atoms with E-state index in [0.29, 0.717) is 16.9 Å². The van der Waals surface area contributed by atoms with Gasteiger partial charge in [0.05, 0.1) is 12.0 Å². The molecule has 0 fully saturated rings. The summed E-state index contributed by atoms with van der Waals surface area (Å²) in [5.41, 5.74) is 1.32. The third-order valence-corrected chi connectivity index (χ3v) is 2.85.